The van der Waals surface area contributed by atoms with E-state index in [1.807, 2.05) is 11.8 Å². The molecule has 30 heavy (non-hydrogen) atoms. The SMILES string of the molecule is CCCOc1cc(NC(=O)c2ccco2)ccc1C(=O)N1CC[C@H]2CCCC[C@H]2C1. The molecule has 6 nitrogen and oxygen atoms in total. The normalized spacial score (nSPS) is 21.0. The molecule has 1 saturated carbocycles. The maximum Gasteiger partial charge on any atom is 0.291 e. The molecule has 2 heterocycles. The molecule has 1 aliphatic carbocycles. The summed E-state index contributed by atoms with van der Waals surface area (Å²) in [6.07, 6.45) is 8.53. The van der Waals surface area contributed by atoms with Gasteiger partial charge in [0.15, 0.2) is 5.76 Å². The lowest BCUT2D eigenvalue weighted by molar-refractivity contribution is 0.0517. The predicted octanol–water partition coefficient (Wildman–Crippen LogP) is 4.97. The molecule has 2 fully saturated rings. The fraction of sp³-hybridized carbons (Fsp3) is 0.500. The van der Waals surface area contributed by atoms with Crippen LogP contribution in [0.3, 0.4) is 0 Å². The molecular weight excluding hydrogens is 380 g/mol. The molecule has 1 N–H and O–H groups in total. The van der Waals surface area contributed by atoms with Crippen LogP contribution in [-0.2, 0) is 0 Å². The van der Waals surface area contributed by atoms with E-state index in [9.17, 15) is 9.59 Å². The lowest BCUT2D eigenvalue weighted by atomic mass is 9.75. The molecule has 0 unspecified atom stereocenters. The number of nitrogens with zero attached hydrogens (tertiary/aromatic N) is 1. The average molecular weight is 411 g/mol. The van der Waals surface area contributed by atoms with Crippen LogP contribution < -0.4 is 10.1 Å². The molecule has 2 aromatic rings. The molecule has 0 radical (unpaired) electrons. The van der Waals surface area contributed by atoms with Crippen LogP contribution in [-0.4, -0.2) is 36.4 Å². The lowest BCUT2D eigenvalue weighted by Crippen LogP contribution is -2.44. The number of nitrogens with one attached hydrogen (secondary N) is 1. The third kappa shape index (κ3) is 4.53. The standard InChI is InChI=1S/C24H30N2O4/c1-2-13-29-22-15-19(25-23(27)21-8-5-14-30-21)9-10-20(22)24(28)26-12-11-17-6-3-4-7-18(17)16-26/h5,8-10,14-15,17-18H,2-4,6-7,11-13,16H2,1H3,(H,25,27)/t17-,18+/m1/s1. The molecule has 0 bridgehead atoms. The van der Waals surface area contributed by atoms with Crippen molar-refractivity contribution in [1.82, 2.24) is 4.90 Å². The summed E-state index contributed by atoms with van der Waals surface area (Å²) >= 11 is 0. The number of hydrogen-bond donors (Lipinski definition) is 1. The van der Waals surface area contributed by atoms with E-state index in [2.05, 4.69) is 5.32 Å². The van der Waals surface area contributed by atoms with Crippen molar-refractivity contribution < 1.29 is 18.7 Å². The fourth-order valence-electron chi connectivity index (χ4n) is 4.66. The zero-order valence-electron chi connectivity index (χ0n) is 17.6. The second kappa shape index (κ2) is 9.37. The van der Waals surface area contributed by atoms with Crippen molar-refractivity contribution in [2.45, 2.75) is 45.4 Å². The quantitative estimate of drug-likeness (QED) is 0.730. The van der Waals surface area contributed by atoms with Gasteiger partial charge in [-0.15, -0.1) is 0 Å². The highest BCUT2D eigenvalue weighted by molar-refractivity contribution is 6.03. The van der Waals surface area contributed by atoms with Crippen molar-refractivity contribution in [2.24, 2.45) is 11.8 Å². The van der Waals surface area contributed by atoms with Crippen molar-refractivity contribution >= 4 is 17.5 Å². The molecule has 2 amide bonds. The molecule has 2 atom stereocenters. The molecule has 1 aliphatic heterocycles. The fourth-order valence-corrected chi connectivity index (χ4v) is 4.66. The third-order valence-corrected chi connectivity index (χ3v) is 6.25. The Labute approximate surface area is 177 Å². The monoisotopic (exact) mass is 410 g/mol. The lowest BCUT2D eigenvalue weighted by Gasteiger charge is -2.41. The Balaban J connectivity index is 1.51. The smallest absolute Gasteiger partial charge is 0.291 e. The topological polar surface area (TPSA) is 71.8 Å². The number of carbonyl (C=O) groups excluding carboxylic acids is 2. The van der Waals surface area contributed by atoms with Gasteiger partial charge < -0.3 is 19.4 Å². The van der Waals surface area contributed by atoms with E-state index in [0.29, 0.717) is 29.5 Å². The second-order valence-corrected chi connectivity index (χ2v) is 8.34. The molecular formula is C24H30N2O4. The number of furan rings is 1. The number of carbonyl (C=O) groups is 2. The van der Waals surface area contributed by atoms with Crippen molar-refractivity contribution in [1.29, 1.82) is 0 Å². The van der Waals surface area contributed by atoms with E-state index in [1.165, 1.54) is 31.9 Å². The Bertz CT molecular complexity index is 877. The van der Waals surface area contributed by atoms with Gasteiger partial charge in [-0.05, 0) is 55.4 Å². The van der Waals surface area contributed by atoms with Crippen LogP contribution in [0.4, 0.5) is 5.69 Å². The van der Waals surface area contributed by atoms with Crippen molar-refractivity contribution in [2.75, 3.05) is 25.0 Å². The molecule has 0 spiro atoms. The molecule has 6 heteroatoms. The number of fused-ring (bicyclic) bond motifs is 1. The van der Waals surface area contributed by atoms with Crippen LogP contribution in [0, 0.1) is 11.8 Å². The summed E-state index contributed by atoms with van der Waals surface area (Å²) in [5.41, 5.74) is 1.14. The summed E-state index contributed by atoms with van der Waals surface area (Å²) in [6.45, 7) is 4.19. The number of rotatable bonds is 6. The maximum absolute atomic E-state index is 13.3. The number of piperidine rings is 1. The van der Waals surface area contributed by atoms with Crippen LogP contribution in [0.25, 0.3) is 0 Å². The molecule has 1 aromatic heterocycles. The van der Waals surface area contributed by atoms with Crippen LogP contribution in [0.15, 0.2) is 41.0 Å². The minimum Gasteiger partial charge on any atom is -0.493 e. The van der Waals surface area contributed by atoms with Crippen molar-refractivity contribution in [3.8, 4) is 5.75 Å². The summed E-state index contributed by atoms with van der Waals surface area (Å²) < 4.78 is 11.0. The number of likely N-dealkylation sites (tertiary alicyclic amines) is 1. The number of anilines is 1. The number of hydrogen-bond acceptors (Lipinski definition) is 4. The Morgan fingerprint density at radius 3 is 2.77 bits per heavy atom. The first-order valence-electron chi connectivity index (χ1n) is 11.1. The van der Waals surface area contributed by atoms with E-state index in [4.69, 9.17) is 9.15 Å². The van der Waals surface area contributed by atoms with E-state index >= 15 is 0 Å². The molecule has 1 saturated heterocycles. The highest BCUT2D eigenvalue weighted by atomic mass is 16.5. The highest BCUT2D eigenvalue weighted by Crippen LogP contribution is 2.37. The zero-order valence-corrected chi connectivity index (χ0v) is 17.6. The van der Waals surface area contributed by atoms with Gasteiger partial charge in [-0.2, -0.15) is 0 Å². The maximum atomic E-state index is 13.3. The van der Waals surface area contributed by atoms with Crippen molar-refractivity contribution in [3.63, 3.8) is 0 Å². The van der Waals surface area contributed by atoms with Crippen LogP contribution >= 0.6 is 0 Å². The summed E-state index contributed by atoms with van der Waals surface area (Å²) in [7, 11) is 0. The zero-order chi connectivity index (χ0) is 20.9. The van der Waals surface area contributed by atoms with Gasteiger partial charge in [0.1, 0.15) is 5.75 Å². The largest absolute Gasteiger partial charge is 0.493 e. The van der Waals surface area contributed by atoms with E-state index in [-0.39, 0.29) is 17.6 Å². The van der Waals surface area contributed by atoms with Gasteiger partial charge in [-0.1, -0.05) is 26.2 Å². The van der Waals surface area contributed by atoms with Crippen LogP contribution in [0.1, 0.15) is 66.4 Å². The average Bonchev–Trinajstić information content (AvgIpc) is 3.32. The molecule has 2 aliphatic rings. The predicted molar refractivity (Wildman–Crippen MR) is 115 cm³/mol. The van der Waals surface area contributed by atoms with Gasteiger partial charge in [0.25, 0.3) is 11.8 Å². The first-order chi connectivity index (χ1) is 14.7. The first kappa shape index (κ1) is 20.5. The molecule has 1 aromatic carbocycles. The number of amides is 2. The van der Waals surface area contributed by atoms with E-state index in [1.54, 1.807) is 30.3 Å². The summed E-state index contributed by atoms with van der Waals surface area (Å²) in [4.78, 5) is 27.6. The molecule has 4 rings (SSSR count). The Hall–Kier alpha value is -2.76. The van der Waals surface area contributed by atoms with Gasteiger partial charge in [0, 0.05) is 24.8 Å². The summed E-state index contributed by atoms with van der Waals surface area (Å²) in [5, 5.41) is 2.81. The van der Waals surface area contributed by atoms with E-state index < -0.39 is 0 Å². The van der Waals surface area contributed by atoms with Gasteiger partial charge in [-0.3, -0.25) is 9.59 Å². The van der Waals surface area contributed by atoms with Gasteiger partial charge in [-0.25, -0.2) is 0 Å². The summed E-state index contributed by atoms with van der Waals surface area (Å²) in [5.74, 6) is 1.85. The third-order valence-electron chi connectivity index (χ3n) is 6.25. The first-order valence-corrected chi connectivity index (χ1v) is 11.1. The van der Waals surface area contributed by atoms with Gasteiger partial charge >= 0.3 is 0 Å². The Kier molecular flexibility index (Phi) is 6.41. The molecule has 160 valence electrons. The van der Waals surface area contributed by atoms with Crippen molar-refractivity contribution in [3.05, 3.63) is 47.9 Å². The minimum atomic E-state index is -0.333. The van der Waals surface area contributed by atoms with Gasteiger partial charge in [0.2, 0.25) is 0 Å². The Morgan fingerprint density at radius 2 is 2.00 bits per heavy atom. The Morgan fingerprint density at radius 1 is 1.17 bits per heavy atom. The van der Waals surface area contributed by atoms with Crippen LogP contribution in [0.2, 0.25) is 0 Å². The number of benzene rings is 1. The number of ether oxygens (including phenoxy) is 1. The summed E-state index contributed by atoms with van der Waals surface area (Å²) in [6, 6.07) is 8.52. The van der Waals surface area contributed by atoms with E-state index in [0.717, 1.165) is 31.8 Å². The van der Waals surface area contributed by atoms with Gasteiger partial charge in [0.05, 0.1) is 18.4 Å². The van der Waals surface area contributed by atoms with Crippen LogP contribution in [0.5, 0.6) is 5.75 Å². The highest BCUT2D eigenvalue weighted by Gasteiger charge is 2.34. The second-order valence-electron chi connectivity index (χ2n) is 8.34. The minimum absolute atomic E-state index is 0.0223.